The Kier molecular flexibility index (Phi) is 5.99. The van der Waals surface area contributed by atoms with Crippen LogP contribution in [0.1, 0.15) is 33.6 Å². The van der Waals surface area contributed by atoms with Crippen molar-refractivity contribution in [2.24, 2.45) is 11.3 Å². The molecule has 1 heterocycles. The van der Waals surface area contributed by atoms with Crippen LogP contribution < -0.4 is 10.6 Å². The summed E-state index contributed by atoms with van der Waals surface area (Å²) in [6.07, 6.45) is 1.12. The molecular formula is C14H25N3O4. The van der Waals surface area contributed by atoms with Crippen LogP contribution in [0.2, 0.25) is 0 Å². The first-order chi connectivity index (χ1) is 9.76. The molecule has 0 saturated carbocycles. The third-order valence-corrected chi connectivity index (χ3v) is 3.73. The van der Waals surface area contributed by atoms with E-state index in [1.54, 1.807) is 6.92 Å². The summed E-state index contributed by atoms with van der Waals surface area (Å²) in [6.45, 7) is 6.97. The van der Waals surface area contributed by atoms with Crippen molar-refractivity contribution in [1.29, 1.82) is 0 Å². The molecule has 0 aliphatic carbocycles. The first-order valence-corrected chi connectivity index (χ1v) is 7.30. The van der Waals surface area contributed by atoms with Crippen molar-refractivity contribution < 1.29 is 19.5 Å². The molecule has 0 aromatic heterocycles. The van der Waals surface area contributed by atoms with Crippen molar-refractivity contribution in [2.45, 2.75) is 33.6 Å². The zero-order valence-corrected chi connectivity index (χ0v) is 12.9. The topological polar surface area (TPSA) is 98.7 Å². The number of rotatable bonds is 6. The number of nitrogens with one attached hydrogen (secondary N) is 2. The van der Waals surface area contributed by atoms with Gasteiger partial charge in [-0.25, -0.2) is 4.79 Å². The number of likely N-dealkylation sites (tertiary alicyclic amines) is 1. The highest BCUT2D eigenvalue weighted by molar-refractivity contribution is 5.79. The fourth-order valence-electron chi connectivity index (χ4n) is 2.12. The highest BCUT2D eigenvalue weighted by Crippen LogP contribution is 2.29. The van der Waals surface area contributed by atoms with Crippen LogP contribution in [-0.4, -0.2) is 54.1 Å². The largest absolute Gasteiger partial charge is 0.481 e. The molecular weight excluding hydrogens is 274 g/mol. The van der Waals surface area contributed by atoms with Crippen molar-refractivity contribution in [2.75, 3.05) is 26.2 Å². The molecule has 1 saturated heterocycles. The lowest BCUT2D eigenvalue weighted by molar-refractivity contribution is -0.147. The summed E-state index contributed by atoms with van der Waals surface area (Å²) in [4.78, 5) is 35.9. The smallest absolute Gasteiger partial charge is 0.317 e. The molecule has 1 fully saturated rings. The van der Waals surface area contributed by atoms with Crippen molar-refractivity contribution in [3.63, 3.8) is 0 Å². The molecule has 0 aromatic rings. The summed E-state index contributed by atoms with van der Waals surface area (Å²) in [5.41, 5.74) is -0.845. The maximum Gasteiger partial charge on any atom is 0.317 e. The lowest BCUT2D eigenvalue weighted by atomic mass is 9.90. The number of hydrogen-bond donors (Lipinski definition) is 3. The molecule has 21 heavy (non-hydrogen) atoms. The van der Waals surface area contributed by atoms with Crippen LogP contribution in [0.3, 0.4) is 0 Å². The minimum absolute atomic E-state index is 0.00176. The van der Waals surface area contributed by atoms with E-state index in [0.717, 1.165) is 0 Å². The number of aliphatic carboxylic acids is 1. The summed E-state index contributed by atoms with van der Waals surface area (Å²) >= 11 is 0. The Morgan fingerprint density at radius 2 is 1.86 bits per heavy atom. The average Bonchev–Trinajstić information content (AvgIpc) is 2.82. The van der Waals surface area contributed by atoms with Gasteiger partial charge >= 0.3 is 12.0 Å². The van der Waals surface area contributed by atoms with E-state index in [2.05, 4.69) is 10.6 Å². The summed E-state index contributed by atoms with van der Waals surface area (Å²) in [5, 5.41) is 14.6. The second-order valence-electron chi connectivity index (χ2n) is 6.07. The molecule has 120 valence electrons. The third-order valence-electron chi connectivity index (χ3n) is 3.73. The van der Waals surface area contributed by atoms with Gasteiger partial charge in [-0.05, 0) is 19.8 Å². The van der Waals surface area contributed by atoms with Gasteiger partial charge < -0.3 is 20.6 Å². The molecule has 3 amide bonds. The quantitative estimate of drug-likeness (QED) is 0.627. The van der Waals surface area contributed by atoms with E-state index in [4.69, 9.17) is 5.11 Å². The van der Waals surface area contributed by atoms with Crippen LogP contribution in [0.5, 0.6) is 0 Å². The minimum Gasteiger partial charge on any atom is -0.481 e. The second-order valence-corrected chi connectivity index (χ2v) is 6.07. The van der Waals surface area contributed by atoms with Gasteiger partial charge in [-0.2, -0.15) is 0 Å². The van der Waals surface area contributed by atoms with Crippen LogP contribution in [0.15, 0.2) is 0 Å². The number of carboxylic acid groups (broad SMARTS) is 1. The number of carbonyl (C=O) groups excluding carboxylic acids is 2. The van der Waals surface area contributed by atoms with E-state index < -0.39 is 11.4 Å². The maximum atomic E-state index is 11.9. The molecule has 1 atom stereocenters. The minimum atomic E-state index is -0.866. The maximum absolute atomic E-state index is 11.9. The molecule has 1 unspecified atom stereocenters. The highest BCUT2D eigenvalue weighted by atomic mass is 16.4. The van der Waals surface area contributed by atoms with E-state index >= 15 is 0 Å². The summed E-state index contributed by atoms with van der Waals surface area (Å²) in [5.74, 6) is -0.912. The number of carbonyl (C=O) groups is 3. The molecule has 7 heteroatoms. The molecule has 1 rings (SSSR count). The van der Waals surface area contributed by atoms with E-state index in [-0.39, 0.29) is 24.4 Å². The lowest BCUT2D eigenvalue weighted by Crippen LogP contribution is -2.41. The van der Waals surface area contributed by atoms with E-state index in [0.29, 0.717) is 32.5 Å². The van der Waals surface area contributed by atoms with E-state index in [1.807, 2.05) is 13.8 Å². The molecule has 0 aromatic carbocycles. The van der Waals surface area contributed by atoms with Gasteiger partial charge in [0.25, 0.3) is 0 Å². The van der Waals surface area contributed by atoms with Gasteiger partial charge in [0.1, 0.15) is 0 Å². The first kappa shape index (κ1) is 17.3. The monoisotopic (exact) mass is 299 g/mol. The van der Waals surface area contributed by atoms with E-state index in [1.165, 1.54) is 4.90 Å². The molecule has 0 radical (unpaired) electrons. The Labute approximate surface area is 125 Å². The Morgan fingerprint density at radius 1 is 1.24 bits per heavy atom. The standard InChI is InChI=1S/C14H25N3O4/c1-10(2)11(18)15-6-4-7-16-13(21)17-8-5-14(3,9-17)12(19)20/h10H,4-9H2,1-3H3,(H,15,18)(H,16,21)(H,19,20). The van der Waals surface area contributed by atoms with Gasteiger partial charge in [-0.15, -0.1) is 0 Å². The van der Waals surface area contributed by atoms with Crippen molar-refractivity contribution in [3.05, 3.63) is 0 Å². The van der Waals surface area contributed by atoms with Crippen LogP contribution in [0.25, 0.3) is 0 Å². The van der Waals surface area contributed by atoms with Crippen molar-refractivity contribution in [3.8, 4) is 0 Å². The molecule has 7 nitrogen and oxygen atoms in total. The zero-order chi connectivity index (χ0) is 16.0. The van der Waals surface area contributed by atoms with Gasteiger partial charge in [0.2, 0.25) is 5.91 Å². The average molecular weight is 299 g/mol. The first-order valence-electron chi connectivity index (χ1n) is 7.30. The summed E-state index contributed by atoms with van der Waals surface area (Å²) < 4.78 is 0. The predicted octanol–water partition coefficient (Wildman–Crippen LogP) is 0.655. The highest BCUT2D eigenvalue weighted by Gasteiger charge is 2.42. The lowest BCUT2D eigenvalue weighted by Gasteiger charge is -2.20. The number of carboxylic acids is 1. The number of hydrogen-bond acceptors (Lipinski definition) is 3. The Bertz CT molecular complexity index is 411. The van der Waals surface area contributed by atoms with Crippen LogP contribution in [-0.2, 0) is 9.59 Å². The zero-order valence-electron chi connectivity index (χ0n) is 12.9. The molecule has 0 bridgehead atoms. The van der Waals surface area contributed by atoms with Crippen LogP contribution in [0.4, 0.5) is 4.79 Å². The molecule has 1 aliphatic rings. The third kappa shape index (κ3) is 4.91. The van der Waals surface area contributed by atoms with Gasteiger partial charge in [-0.3, -0.25) is 9.59 Å². The Morgan fingerprint density at radius 3 is 2.38 bits per heavy atom. The summed E-state index contributed by atoms with van der Waals surface area (Å²) in [7, 11) is 0. The van der Waals surface area contributed by atoms with Gasteiger partial charge in [0.05, 0.1) is 5.41 Å². The van der Waals surface area contributed by atoms with Gasteiger partial charge in [0.15, 0.2) is 0 Å². The predicted molar refractivity (Wildman–Crippen MR) is 77.8 cm³/mol. The second kappa shape index (κ2) is 7.28. The Hall–Kier alpha value is -1.79. The van der Waals surface area contributed by atoms with Gasteiger partial charge in [-0.1, -0.05) is 13.8 Å². The fourth-order valence-corrected chi connectivity index (χ4v) is 2.12. The van der Waals surface area contributed by atoms with E-state index in [9.17, 15) is 14.4 Å². The van der Waals surface area contributed by atoms with Crippen LogP contribution in [0, 0.1) is 11.3 Å². The van der Waals surface area contributed by atoms with Crippen molar-refractivity contribution in [1.82, 2.24) is 15.5 Å². The fraction of sp³-hybridized carbons (Fsp3) is 0.786. The van der Waals surface area contributed by atoms with Crippen LogP contribution >= 0.6 is 0 Å². The van der Waals surface area contributed by atoms with Crippen molar-refractivity contribution >= 4 is 17.9 Å². The van der Waals surface area contributed by atoms with Gasteiger partial charge in [0, 0.05) is 32.1 Å². The normalized spacial score (nSPS) is 21.4. The Balaban J connectivity index is 2.21. The number of nitrogens with zero attached hydrogens (tertiary/aromatic N) is 1. The number of urea groups is 1. The SMILES string of the molecule is CC(C)C(=O)NCCCNC(=O)N1CCC(C)(C(=O)O)C1. The number of amides is 3. The molecule has 3 N–H and O–H groups in total. The molecule has 0 spiro atoms. The summed E-state index contributed by atoms with van der Waals surface area (Å²) in [6, 6.07) is -0.241. The molecule has 1 aliphatic heterocycles.